The van der Waals surface area contributed by atoms with E-state index in [1.54, 1.807) is 45.5 Å². The third-order valence-corrected chi connectivity index (χ3v) is 8.01. The molecule has 6 rings (SSSR count). The van der Waals surface area contributed by atoms with E-state index in [1.165, 1.54) is 0 Å². The number of nitrogens with zero attached hydrogens (tertiary/aromatic N) is 2. The summed E-state index contributed by atoms with van der Waals surface area (Å²) in [7, 11) is 0. The lowest BCUT2D eigenvalue weighted by molar-refractivity contribution is 0.581. The molecular formula is C27H16Cl4N2O2. The average molecular weight is 542 g/mol. The van der Waals surface area contributed by atoms with Crippen molar-refractivity contribution < 1.29 is 0 Å². The first-order valence-electron chi connectivity index (χ1n) is 11.0. The highest BCUT2D eigenvalue weighted by Crippen LogP contribution is 2.34. The lowest BCUT2D eigenvalue weighted by atomic mass is 10.0. The van der Waals surface area contributed by atoms with Gasteiger partial charge in [-0.25, -0.2) is 0 Å². The molecule has 0 N–H and O–H groups in total. The van der Waals surface area contributed by atoms with Gasteiger partial charge in [0, 0.05) is 35.0 Å². The minimum Gasteiger partial charge on any atom is -0.306 e. The lowest BCUT2D eigenvalue weighted by Gasteiger charge is -2.15. The minimum absolute atomic E-state index is 0.127. The van der Waals surface area contributed by atoms with Gasteiger partial charge in [0.25, 0.3) is 11.1 Å². The molecule has 3 heterocycles. The van der Waals surface area contributed by atoms with Crippen molar-refractivity contribution in [3.05, 3.63) is 101 Å². The number of benzene rings is 3. The third-order valence-electron chi connectivity index (χ3n) is 6.53. The Labute approximate surface area is 219 Å². The maximum atomic E-state index is 13.7. The SMILES string of the molecule is O=c1c(-c2ccc(Cl)c(Cl)c2)cc2ccc3cc(-c4ccc(Cl)c(Cl)c4)c(=O)n4c3c2n1CCC4. The minimum atomic E-state index is -0.127. The molecule has 0 spiro atoms. The normalized spacial score (nSPS) is 13.0. The van der Waals surface area contributed by atoms with Gasteiger partial charge in [-0.05, 0) is 53.9 Å². The van der Waals surface area contributed by atoms with Crippen LogP contribution in [0.3, 0.4) is 0 Å². The van der Waals surface area contributed by atoms with Crippen LogP contribution < -0.4 is 11.1 Å². The van der Waals surface area contributed by atoms with E-state index in [9.17, 15) is 9.59 Å². The zero-order valence-corrected chi connectivity index (χ0v) is 21.1. The van der Waals surface area contributed by atoms with Crippen LogP contribution in [0, 0.1) is 0 Å². The maximum absolute atomic E-state index is 13.7. The predicted octanol–water partition coefficient (Wildman–Crippen LogP) is 7.67. The second kappa shape index (κ2) is 8.42. The van der Waals surface area contributed by atoms with Crippen LogP contribution in [0.1, 0.15) is 6.42 Å². The molecule has 1 aliphatic heterocycles. The number of aromatic nitrogens is 2. The van der Waals surface area contributed by atoms with Crippen molar-refractivity contribution >= 4 is 68.2 Å². The smallest absolute Gasteiger partial charge is 0.258 e. The fourth-order valence-corrected chi connectivity index (χ4v) is 5.49. The van der Waals surface area contributed by atoms with Crippen molar-refractivity contribution in [2.45, 2.75) is 19.5 Å². The second-order valence-corrected chi connectivity index (χ2v) is 10.2. The van der Waals surface area contributed by atoms with Crippen LogP contribution in [-0.4, -0.2) is 9.13 Å². The highest BCUT2D eigenvalue weighted by atomic mass is 35.5. The fraction of sp³-hybridized carbons (Fsp3) is 0.111. The van der Waals surface area contributed by atoms with Crippen molar-refractivity contribution in [3.63, 3.8) is 0 Å². The van der Waals surface area contributed by atoms with Gasteiger partial charge in [0.2, 0.25) is 0 Å². The van der Waals surface area contributed by atoms with Crippen LogP contribution in [0.5, 0.6) is 0 Å². The van der Waals surface area contributed by atoms with E-state index in [1.807, 2.05) is 24.3 Å². The van der Waals surface area contributed by atoms with E-state index < -0.39 is 0 Å². The molecule has 4 nitrogen and oxygen atoms in total. The number of hydrogen-bond donors (Lipinski definition) is 0. The molecule has 0 amide bonds. The van der Waals surface area contributed by atoms with Gasteiger partial charge in [-0.2, -0.15) is 0 Å². The number of pyridine rings is 2. The average Bonchev–Trinajstić information content (AvgIpc) is 3.05. The van der Waals surface area contributed by atoms with E-state index in [-0.39, 0.29) is 11.1 Å². The summed E-state index contributed by atoms with van der Waals surface area (Å²) in [6.45, 7) is 0.986. The number of halogens is 4. The van der Waals surface area contributed by atoms with Crippen LogP contribution in [0.2, 0.25) is 20.1 Å². The van der Waals surface area contributed by atoms with Crippen molar-refractivity contribution in [1.29, 1.82) is 0 Å². The van der Waals surface area contributed by atoms with Crippen LogP contribution in [0.25, 0.3) is 44.1 Å². The van der Waals surface area contributed by atoms with Gasteiger partial charge >= 0.3 is 0 Å². The summed E-state index contributed by atoms with van der Waals surface area (Å²) in [5, 5.41) is 3.39. The quantitative estimate of drug-likeness (QED) is 0.215. The summed E-state index contributed by atoms with van der Waals surface area (Å²) >= 11 is 24.6. The highest BCUT2D eigenvalue weighted by molar-refractivity contribution is 6.42. The number of aryl methyl sites for hydroxylation is 2. The lowest BCUT2D eigenvalue weighted by Crippen LogP contribution is -2.22. The summed E-state index contributed by atoms with van der Waals surface area (Å²) < 4.78 is 3.55. The Bertz CT molecular complexity index is 1690. The molecule has 2 aromatic heterocycles. The van der Waals surface area contributed by atoms with Crippen molar-refractivity contribution in [3.8, 4) is 22.3 Å². The van der Waals surface area contributed by atoms with E-state index in [2.05, 4.69) is 0 Å². The Kier molecular flexibility index (Phi) is 5.46. The molecule has 174 valence electrons. The molecule has 1 aliphatic rings. The number of hydrogen-bond acceptors (Lipinski definition) is 2. The van der Waals surface area contributed by atoms with Crippen molar-refractivity contribution in [2.75, 3.05) is 0 Å². The second-order valence-electron chi connectivity index (χ2n) is 8.58. The maximum Gasteiger partial charge on any atom is 0.258 e. The van der Waals surface area contributed by atoms with Gasteiger partial charge in [-0.15, -0.1) is 0 Å². The fourth-order valence-electron chi connectivity index (χ4n) is 4.89. The van der Waals surface area contributed by atoms with Gasteiger partial charge in [-0.1, -0.05) is 70.7 Å². The summed E-state index contributed by atoms with van der Waals surface area (Å²) in [5.74, 6) is 0. The summed E-state index contributed by atoms with van der Waals surface area (Å²) in [4.78, 5) is 27.3. The number of rotatable bonds is 2. The predicted molar refractivity (Wildman–Crippen MR) is 146 cm³/mol. The first-order chi connectivity index (χ1) is 16.8. The summed E-state index contributed by atoms with van der Waals surface area (Å²) in [5.41, 5.74) is 3.74. The molecule has 8 heteroatoms. The molecule has 0 atom stereocenters. The molecule has 3 aromatic carbocycles. The van der Waals surface area contributed by atoms with Gasteiger partial charge < -0.3 is 9.13 Å². The molecule has 0 saturated carbocycles. The molecule has 35 heavy (non-hydrogen) atoms. The van der Waals surface area contributed by atoms with E-state index >= 15 is 0 Å². The van der Waals surface area contributed by atoms with Crippen molar-refractivity contribution in [1.82, 2.24) is 9.13 Å². The zero-order valence-electron chi connectivity index (χ0n) is 18.1. The first kappa shape index (κ1) is 22.7. The molecule has 0 radical (unpaired) electrons. The Hall–Kier alpha value is -2.76. The Morgan fingerprint density at radius 2 is 0.971 bits per heavy atom. The first-order valence-corrected chi connectivity index (χ1v) is 12.5. The Balaban J connectivity index is 1.67. The van der Waals surface area contributed by atoms with Gasteiger partial charge in [-0.3, -0.25) is 9.59 Å². The van der Waals surface area contributed by atoms with Crippen molar-refractivity contribution in [2.24, 2.45) is 0 Å². The zero-order chi connectivity index (χ0) is 24.4. The van der Waals surface area contributed by atoms with Gasteiger partial charge in [0.1, 0.15) is 0 Å². The van der Waals surface area contributed by atoms with Gasteiger partial charge in [0.15, 0.2) is 0 Å². The Morgan fingerprint density at radius 1 is 0.543 bits per heavy atom. The van der Waals surface area contributed by atoms with Gasteiger partial charge in [0.05, 0.1) is 31.1 Å². The topological polar surface area (TPSA) is 44.0 Å². The molecule has 0 unspecified atom stereocenters. The molecule has 0 fully saturated rings. The molecule has 0 saturated heterocycles. The molecule has 5 aromatic rings. The third kappa shape index (κ3) is 3.59. The molecule has 0 bridgehead atoms. The van der Waals surface area contributed by atoms with Crippen LogP contribution in [-0.2, 0) is 13.1 Å². The largest absolute Gasteiger partial charge is 0.306 e. The van der Waals surface area contributed by atoms with E-state index in [4.69, 9.17) is 46.4 Å². The summed E-state index contributed by atoms with van der Waals surface area (Å²) in [6.07, 6.45) is 0.633. The monoisotopic (exact) mass is 540 g/mol. The van der Waals surface area contributed by atoms with E-state index in [0.29, 0.717) is 61.9 Å². The molecule has 0 aliphatic carbocycles. The standard InChI is InChI=1S/C27H16Cl4N2O2/c28-20-6-4-14(12-22(20)30)18-10-16-2-3-17-11-19(15-5-7-21(29)23(31)13-15)27(35)33-9-1-8-32(26(18)34)24(16)25(17)33/h2-7,10-13H,1,8-9H2. The van der Waals surface area contributed by atoms with Crippen LogP contribution in [0.4, 0.5) is 0 Å². The summed E-state index contributed by atoms with van der Waals surface area (Å²) in [6, 6.07) is 18.1. The Morgan fingerprint density at radius 3 is 1.37 bits per heavy atom. The van der Waals surface area contributed by atoms with Crippen LogP contribution in [0.15, 0.2) is 70.3 Å². The van der Waals surface area contributed by atoms with E-state index in [0.717, 1.165) is 21.8 Å². The molecular weight excluding hydrogens is 526 g/mol. The highest BCUT2D eigenvalue weighted by Gasteiger charge is 2.21. The van der Waals surface area contributed by atoms with Crippen LogP contribution >= 0.6 is 46.4 Å².